The van der Waals surface area contributed by atoms with Crippen LogP contribution in [0.25, 0.3) is 5.52 Å². The van der Waals surface area contributed by atoms with Crippen LogP contribution in [0.3, 0.4) is 0 Å². The van der Waals surface area contributed by atoms with Crippen LogP contribution in [0, 0.1) is 0 Å². The fourth-order valence-corrected chi connectivity index (χ4v) is 1.83. The lowest BCUT2D eigenvalue weighted by molar-refractivity contribution is -0.116. The quantitative estimate of drug-likeness (QED) is 0.878. The maximum absolute atomic E-state index is 11.2. The molecule has 0 fully saturated rings. The average molecular weight is 248 g/mol. The van der Waals surface area contributed by atoms with Crippen LogP contribution < -0.4 is 4.74 Å². The topological polar surface area (TPSA) is 80.9 Å². The third-order valence-electron chi connectivity index (χ3n) is 2.53. The van der Waals surface area contributed by atoms with Crippen molar-refractivity contribution in [3.8, 4) is 5.75 Å². The van der Waals surface area contributed by atoms with E-state index in [4.69, 9.17) is 9.84 Å². The van der Waals surface area contributed by atoms with Gasteiger partial charge < -0.3 is 9.84 Å². The van der Waals surface area contributed by atoms with Crippen molar-refractivity contribution in [2.45, 2.75) is 13.3 Å². The van der Waals surface area contributed by atoms with Crippen molar-refractivity contribution in [3.63, 3.8) is 0 Å². The highest BCUT2D eigenvalue weighted by Crippen LogP contribution is 2.24. The van der Waals surface area contributed by atoms with Crippen LogP contribution in [0.5, 0.6) is 5.75 Å². The number of aromatic nitrogens is 2. The van der Waals surface area contributed by atoms with E-state index in [1.165, 1.54) is 14.0 Å². The number of pyridine rings is 1. The maximum Gasteiger partial charge on any atom is 0.356 e. The number of carboxylic acids is 1. The number of Topliss-reactive ketones (excluding diaryl/α,β-unsaturated/α-hetero) is 1. The van der Waals surface area contributed by atoms with Crippen LogP contribution in [-0.4, -0.2) is 33.4 Å². The van der Waals surface area contributed by atoms with E-state index in [0.29, 0.717) is 17.1 Å². The van der Waals surface area contributed by atoms with E-state index in [-0.39, 0.29) is 17.9 Å². The standard InChI is InChI=1S/C12H12N2O4/c1-7(15)6-9-13-10(12(16)17)11-8(18-2)4-3-5-14(9)11/h3-5H,6H2,1-2H3,(H,16,17). The molecule has 18 heavy (non-hydrogen) atoms. The van der Waals surface area contributed by atoms with Gasteiger partial charge in [0.2, 0.25) is 0 Å². The molecule has 0 unspecified atom stereocenters. The van der Waals surface area contributed by atoms with Crippen LogP contribution in [0.4, 0.5) is 0 Å². The summed E-state index contributed by atoms with van der Waals surface area (Å²) in [7, 11) is 1.46. The highest BCUT2D eigenvalue weighted by molar-refractivity contribution is 5.96. The molecule has 0 radical (unpaired) electrons. The fraction of sp³-hybridized carbons (Fsp3) is 0.250. The number of carbonyl (C=O) groups excluding carboxylic acids is 1. The van der Waals surface area contributed by atoms with Crippen molar-refractivity contribution < 1.29 is 19.4 Å². The summed E-state index contributed by atoms with van der Waals surface area (Å²) in [5.41, 5.74) is 0.257. The van der Waals surface area contributed by atoms with Gasteiger partial charge in [0.05, 0.1) is 13.5 Å². The van der Waals surface area contributed by atoms with Crippen molar-refractivity contribution in [2.75, 3.05) is 7.11 Å². The Morgan fingerprint density at radius 1 is 1.50 bits per heavy atom. The van der Waals surface area contributed by atoms with Gasteiger partial charge in [-0.15, -0.1) is 0 Å². The molecule has 6 nitrogen and oxygen atoms in total. The van der Waals surface area contributed by atoms with Crippen molar-refractivity contribution in [1.82, 2.24) is 9.38 Å². The summed E-state index contributed by atoms with van der Waals surface area (Å²) in [4.78, 5) is 26.3. The van der Waals surface area contributed by atoms with Crippen LogP contribution in [0.15, 0.2) is 18.3 Å². The number of hydrogen-bond acceptors (Lipinski definition) is 4. The zero-order valence-corrected chi connectivity index (χ0v) is 10.0. The first-order valence-electron chi connectivity index (χ1n) is 5.31. The van der Waals surface area contributed by atoms with Crippen molar-refractivity contribution in [2.24, 2.45) is 0 Å². The molecule has 0 bridgehead atoms. The summed E-state index contributed by atoms with van der Waals surface area (Å²) in [5.74, 6) is -0.417. The van der Waals surface area contributed by atoms with Gasteiger partial charge >= 0.3 is 5.97 Å². The van der Waals surface area contributed by atoms with E-state index in [2.05, 4.69) is 4.98 Å². The van der Waals surface area contributed by atoms with Gasteiger partial charge in [-0.25, -0.2) is 9.78 Å². The van der Waals surface area contributed by atoms with Crippen molar-refractivity contribution in [3.05, 3.63) is 29.8 Å². The minimum atomic E-state index is -1.15. The lowest BCUT2D eigenvalue weighted by Gasteiger charge is -2.04. The molecule has 0 aliphatic carbocycles. The Bertz CT molecular complexity index is 630. The second-order valence-electron chi connectivity index (χ2n) is 3.86. The van der Waals surface area contributed by atoms with Crippen LogP contribution in [-0.2, 0) is 11.2 Å². The third kappa shape index (κ3) is 1.92. The summed E-state index contributed by atoms with van der Waals surface area (Å²) in [5, 5.41) is 9.13. The molecule has 0 amide bonds. The molecule has 94 valence electrons. The van der Waals surface area contributed by atoms with Crippen molar-refractivity contribution in [1.29, 1.82) is 0 Å². The largest absolute Gasteiger partial charge is 0.494 e. The van der Waals surface area contributed by atoms with Gasteiger partial charge in [-0.2, -0.15) is 0 Å². The van der Waals surface area contributed by atoms with Gasteiger partial charge in [-0.3, -0.25) is 9.20 Å². The van der Waals surface area contributed by atoms with Gasteiger partial charge in [-0.05, 0) is 19.1 Å². The van der Waals surface area contributed by atoms with E-state index in [9.17, 15) is 9.59 Å². The molecule has 0 atom stereocenters. The third-order valence-corrected chi connectivity index (χ3v) is 2.53. The number of rotatable bonds is 4. The monoisotopic (exact) mass is 248 g/mol. The van der Waals surface area contributed by atoms with Crippen LogP contribution in [0.1, 0.15) is 23.2 Å². The Kier molecular flexibility index (Phi) is 3.01. The molecule has 2 heterocycles. The molecule has 2 aromatic heterocycles. The van der Waals surface area contributed by atoms with E-state index >= 15 is 0 Å². The minimum Gasteiger partial charge on any atom is -0.494 e. The Hall–Kier alpha value is -2.37. The predicted octanol–water partition coefficient (Wildman–Crippen LogP) is 1.17. The molecule has 0 aliphatic heterocycles. The molecule has 0 spiro atoms. The predicted molar refractivity (Wildman–Crippen MR) is 63.1 cm³/mol. The maximum atomic E-state index is 11.2. The van der Waals surface area contributed by atoms with Crippen molar-refractivity contribution >= 4 is 17.3 Å². The molecule has 0 aromatic carbocycles. The number of ether oxygens (including phenoxy) is 1. The lowest BCUT2D eigenvalue weighted by atomic mass is 10.3. The number of hydrogen-bond donors (Lipinski definition) is 1. The molecule has 0 aliphatic rings. The zero-order valence-electron chi connectivity index (χ0n) is 10.0. The number of aromatic carboxylic acids is 1. The SMILES string of the molecule is COc1cccn2c(CC(C)=O)nc(C(=O)O)c12. The lowest BCUT2D eigenvalue weighted by Crippen LogP contribution is -2.02. The fourth-order valence-electron chi connectivity index (χ4n) is 1.83. The number of methoxy groups -OCH3 is 1. The van der Waals surface area contributed by atoms with E-state index in [1.54, 1.807) is 22.7 Å². The second kappa shape index (κ2) is 4.48. The smallest absolute Gasteiger partial charge is 0.356 e. The highest BCUT2D eigenvalue weighted by atomic mass is 16.5. The number of imidazole rings is 1. The second-order valence-corrected chi connectivity index (χ2v) is 3.86. The Morgan fingerprint density at radius 3 is 2.78 bits per heavy atom. The molecule has 1 N–H and O–H groups in total. The number of carboxylic acid groups (broad SMARTS) is 1. The molecule has 6 heteroatoms. The Morgan fingerprint density at radius 2 is 2.22 bits per heavy atom. The van der Waals surface area contributed by atoms with Gasteiger partial charge in [-0.1, -0.05) is 0 Å². The molecular formula is C12H12N2O4. The molecule has 0 saturated heterocycles. The summed E-state index contributed by atoms with van der Waals surface area (Å²) >= 11 is 0. The Balaban J connectivity index is 2.75. The normalized spacial score (nSPS) is 10.6. The van der Waals surface area contributed by atoms with Crippen LogP contribution in [0.2, 0.25) is 0 Å². The Labute approximate surface area is 103 Å². The summed E-state index contributed by atoms with van der Waals surface area (Å²) in [6.45, 7) is 1.43. The molecule has 2 aromatic rings. The average Bonchev–Trinajstić information content (AvgIpc) is 2.67. The summed E-state index contributed by atoms with van der Waals surface area (Å²) < 4.78 is 6.70. The first kappa shape index (κ1) is 12.1. The number of ketones is 1. The number of nitrogens with zero attached hydrogens (tertiary/aromatic N) is 2. The molecular weight excluding hydrogens is 236 g/mol. The number of fused-ring (bicyclic) bond motifs is 1. The first-order valence-corrected chi connectivity index (χ1v) is 5.31. The summed E-state index contributed by atoms with van der Waals surface area (Å²) in [6, 6.07) is 3.36. The number of carbonyl (C=O) groups is 2. The minimum absolute atomic E-state index is 0.0818. The first-order chi connectivity index (χ1) is 8.54. The van der Waals surface area contributed by atoms with Gasteiger partial charge in [0.1, 0.15) is 22.9 Å². The van der Waals surface area contributed by atoms with E-state index in [0.717, 1.165) is 0 Å². The summed E-state index contributed by atoms with van der Waals surface area (Å²) in [6.07, 6.45) is 1.75. The van der Waals surface area contributed by atoms with Gasteiger partial charge in [0.25, 0.3) is 0 Å². The molecule has 2 rings (SSSR count). The zero-order chi connectivity index (χ0) is 13.3. The highest BCUT2D eigenvalue weighted by Gasteiger charge is 2.20. The molecule has 0 saturated carbocycles. The van der Waals surface area contributed by atoms with E-state index < -0.39 is 5.97 Å². The van der Waals surface area contributed by atoms with Gasteiger partial charge in [0.15, 0.2) is 5.69 Å². The van der Waals surface area contributed by atoms with Crippen LogP contribution >= 0.6 is 0 Å². The van der Waals surface area contributed by atoms with Gasteiger partial charge in [0, 0.05) is 6.20 Å². The van der Waals surface area contributed by atoms with E-state index in [1.807, 2.05) is 0 Å².